The molecule has 0 radical (unpaired) electrons. The molecule has 2 fully saturated rings. The monoisotopic (exact) mass is 354 g/mol. The Morgan fingerprint density at radius 1 is 0.826 bits per heavy atom. The molecule has 2 saturated carbocycles. The van der Waals surface area contributed by atoms with Crippen LogP contribution in [0.3, 0.4) is 0 Å². The first kappa shape index (κ1) is 18.0. The summed E-state index contributed by atoms with van der Waals surface area (Å²) < 4.78 is 6.87. The van der Waals surface area contributed by atoms with Gasteiger partial charge in [-0.05, 0) is 42.7 Å². The topological polar surface area (TPSA) is 9.23 Å². The van der Waals surface area contributed by atoms with E-state index in [-0.39, 0.29) is 0 Å². The predicted octanol–water partition coefficient (Wildman–Crippen LogP) is 6.67. The first-order valence-corrected chi connectivity index (χ1v) is 13.9. The second kappa shape index (κ2) is 7.62. The molecule has 0 N–H and O–H groups in total. The summed E-state index contributed by atoms with van der Waals surface area (Å²) in [5, 5.41) is 2.75. The van der Waals surface area contributed by atoms with Crippen LogP contribution in [0, 0.1) is 11.8 Å². The summed E-state index contributed by atoms with van der Waals surface area (Å²) in [6, 6.07) is 0. The maximum atomic E-state index is 6.93. The molecule has 0 spiro atoms. The van der Waals surface area contributed by atoms with Crippen molar-refractivity contribution in [2.24, 2.45) is 11.8 Å². The van der Waals surface area contributed by atoms with Crippen molar-refractivity contribution < 1.29 is 4.74 Å². The molecule has 1 heterocycles. The lowest BCUT2D eigenvalue weighted by Gasteiger charge is -2.45. The fraction of sp³-hybridized carbons (Fsp3) is 0.900. The van der Waals surface area contributed by atoms with Gasteiger partial charge < -0.3 is 4.74 Å². The smallest absolute Gasteiger partial charge is 0.0796 e. The summed E-state index contributed by atoms with van der Waals surface area (Å²) in [5.41, 5.74) is 0. The van der Waals surface area contributed by atoms with Crippen LogP contribution in [0.15, 0.2) is 10.2 Å². The lowest BCUT2D eigenvalue weighted by molar-refractivity contribution is -0.0687. The van der Waals surface area contributed by atoms with Crippen LogP contribution in [0.5, 0.6) is 0 Å². The molecular formula is C20H35ClOSi. The molecular weight excluding hydrogens is 320 g/mol. The van der Waals surface area contributed by atoms with Gasteiger partial charge in [0.15, 0.2) is 0 Å². The summed E-state index contributed by atoms with van der Waals surface area (Å²) in [6.45, 7) is 7.35. The molecule has 0 aromatic carbocycles. The van der Waals surface area contributed by atoms with Crippen molar-refractivity contribution in [1.29, 1.82) is 0 Å². The van der Waals surface area contributed by atoms with Crippen molar-refractivity contribution >= 4 is 19.7 Å². The fourth-order valence-electron chi connectivity index (χ4n) is 5.15. The van der Waals surface area contributed by atoms with E-state index in [1.165, 1.54) is 69.2 Å². The Kier molecular flexibility index (Phi) is 5.97. The zero-order chi connectivity index (χ0) is 16.4. The van der Waals surface area contributed by atoms with Crippen LogP contribution in [0.25, 0.3) is 0 Å². The number of hydrogen-bond donors (Lipinski definition) is 0. The van der Waals surface area contributed by atoms with Crippen molar-refractivity contribution in [2.75, 3.05) is 0 Å². The summed E-state index contributed by atoms with van der Waals surface area (Å²) in [5.74, 6) is 1.48. The Labute approximate surface area is 149 Å². The van der Waals surface area contributed by atoms with E-state index in [2.05, 4.69) is 19.6 Å². The average molecular weight is 355 g/mol. The maximum Gasteiger partial charge on any atom is 0.0796 e. The minimum Gasteiger partial charge on any atom is -0.370 e. The van der Waals surface area contributed by atoms with Gasteiger partial charge in [-0.1, -0.05) is 69.8 Å². The molecule has 132 valence electrons. The quantitative estimate of drug-likeness (QED) is 0.514. The summed E-state index contributed by atoms with van der Waals surface area (Å²) in [7, 11) is -1.42. The van der Waals surface area contributed by atoms with Gasteiger partial charge >= 0.3 is 0 Å². The van der Waals surface area contributed by atoms with Crippen LogP contribution in [-0.4, -0.2) is 20.3 Å². The normalized spacial score (nSPS) is 32.3. The molecule has 0 aromatic rings. The lowest BCUT2D eigenvalue weighted by Crippen LogP contribution is -2.46. The Bertz CT molecular complexity index is 427. The molecule has 2 atom stereocenters. The Morgan fingerprint density at radius 2 is 1.35 bits per heavy atom. The predicted molar refractivity (Wildman–Crippen MR) is 103 cm³/mol. The Morgan fingerprint density at radius 3 is 1.87 bits per heavy atom. The van der Waals surface area contributed by atoms with E-state index in [1.807, 2.05) is 0 Å². The fourth-order valence-corrected chi connectivity index (χ4v) is 8.33. The van der Waals surface area contributed by atoms with Gasteiger partial charge in [-0.15, -0.1) is 0 Å². The third kappa shape index (κ3) is 4.25. The summed E-state index contributed by atoms with van der Waals surface area (Å²) in [4.78, 5) is 0. The van der Waals surface area contributed by atoms with Gasteiger partial charge in [0.05, 0.1) is 20.3 Å². The van der Waals surface area contributed by atoms with E-state index in [1.54, 1.807) is 5.20 Å². The SMILES string of the molecule is C[Si](C)(C)C1=C(Cl)C[C@H](C2CCCCC2)O[C@H]1C1CCCCC1. The first-order valence-electron chi connectivity index (χ1n) is 10.0. The second-order valence-corrected chi connectivity index (χ2v) is 14.7. The van der Waals surface area contributed by atoms with Crippen molar-refractivity contribution in [1.82, 2.24) is 0 Å². The van der Waals surface area contributed by atoms with Crippen LogP contribution in [0.1, 0.15) is 70.6 Å². The van der Waals surface area contributed by atoms with Gasteiger partial charge in [-0.3, -0.25) is 0 Å². The highest BCUT2D eigenvalue weighted by molar-refractivity contribution is 6.84. The van der Waals surface area contributed by atoms with Crippen LogP contribution < -0.4 is 0 Å². The van der Waals surface area contributed by atoms with Gasteiger partial charge in [0.2, 0.25) is 0 Å². The second-order valence-electron chi connectivity index (χ2n) is 9.16. The third-order valence-corrected chi connectivity index (χ3v) is 9.06. The summed E-state index contributed by atoms with van der Waals surface area (Å²) >= 11 is 6.93. The molecule has 0 bridgehead atoms. The van der Waals surface area contributed by atoms with Crippen molar-refractivity contribution in [3.63, 3.8) is 0 Å². The number of hydrogen-bond acceptors (Lipinski definition) is 1. The van der Waals surface area contributed by atoms with Crippen molar-refractivity contribution in [3.05, 3.63) is 10.2 Å². The van der Waals surface area contributed by atoms with E-state index >= 15 is 0 Å². The molecule has 1 aliphatic heterocycles. The van der Waals surface area contributed by atoms with E-state index in [0.717, 1.165) is 18.3 Å². The number of ether oxygens (including phenoxy) is 1. The molecule has 3 heteroatoms. The molecule has 0 unspecified atom stereocenters. The first-order chi connectivity index (χ1) is 11.0. The zero-order valence-electron chi connectivity index (χ0n) is 15.4. The minimum atomic E-state index is -1.42. The third-order valence-electron chi connectivity index (χ3n) is 6.34. The average Bonchev–Trinajstić information content (AvgIpc) is 2.54. The Balaban J connectivity index is 1.83. The highest BCUT2D eigenvalue weighted by Crippen LogP contribution is 2.44. The number of halogens is 1. The molecule has 0 amide bonds. The van der Waals surface area contributed by atoms with Gasteiger partial charge in [0.25, 0.3) is 0 Å². The highest BCUT2D eigenvalue weighted by Gasteiger charge is 2.42. The van der Waals surface area contributed by atoms with Crippen molar-refractivity contribution in [2.45, 2.75) is 102 Å². The standard InChI is InChI=1S/C20H35ClOSi/c1-23(2,3)20-17(21)14-18(15-10-6-4-7-11-15)22-19(20)16-12-8-5-9-13-16/h15-16,18-19H,4-14H2,1-3H3/t18-,19+/m1/s1. The molecule has 3 aliphatic rings. The number of rotatable bonds is 3. The molecule has 0 aromatic heterocycles. The molecule has 23 heavy (non-hydrogen) atoms. The van der Waals surface area contributed by atoms with Crippen LogP contribution in [-0.2, 0) is 4.74 Å². The Hall–Kier alpha value is 0.207. The van der Waals surface area contributed by atoms with E-state index in [9.17, 15) is 0 Å². The van der Waals surface area contributed by atoms with Gasteiger partial charge in [0.1, 0.15) is 0 Å². The molecule has 2 aliphatic carbocycles. The molecule has 3 rings (SSSR count). The summed E-state index contributed by atoms with van der Waals surface area (Å²) in [6.07, 6.45) is 15.5. The largest absolute Gasteiger partial charge is 0.370 e. The molecule has 0 saturated heterocycles. The van der Waals surface area contributed by atoms with Crippen LogP contribution >= 0.6 is 11.6 Å². The highest BCUT2D eigenvalue weighted by atomic mass is 35.5. The maximum absolute atomic E-state index is 6.93. The van der Waals surface area contributed by atoms with Crippen LogP contribution in [0.4, 0.5) is 0 Å². The van der Waals surface area contributed by atoms with Crippen LogP contribution in [0.2, 0.25) is 19.6 Å². The van der Waals surface area contributed by atoms with E-state index in [4.69, 9.17) is 16.3 Å². The van der Waals surface area contributed by atoms with E-state index < -0.39 is 8.07 Å². The lowest BCUT2D eigenvalue weighted by atomic mass is 9.80. The van der Waals surface area contributed by atoms with Gasteiger partial charge in [0, 0.05) is 11.5 Å². The minimum absolute atomic E-state index is 0.343. The zero-order valence-corrected chi connectivity index (χ0v) is 17.1. The van der Waals surface area contributed by atoms with Gasteiger partial charge in [-0.25, -0.2) is 0 Å². The van der Waals surface area contributed by atoms with Gasteiger partial charge in [-0.2, -0.15) is 0 Å². The van der Waals surface area contributed by atoms with E-state index in [0.29, 0.717) is 12.2 Å². The van der Waals surface area contributed by atoms with Crippen molar-refractivity contribution in [3.8, 4) is 0 Å². The molecule has 1 nitrogen and oxygen atoms in total.